The predicted octanol–water partition coefficient (Wildman–Crippen LogP) is 7.04. The third kappa shape index (κ3) is 6.74. The molecule has 36 heavy (non-hydrogen) atoms. The van der Waals surface area contributed by atoms with Gasteiger partial charge in [0.05, 0.1) is 21.6 Å². The van der Waals surface area contributed by atoms with Crippen LogP contribution in [-0.2, 0) is 11.4 Å². The second kappa shape index (κ2) is 12.5. The smallest absolute Gasteiger partial charge is 0.293 e. The van der Waals surface area contributed by atoms with Crippen molar-refractivity contribution in [1.29, 1.82) is 0 Å². The van der Waals surface area contributed by atoms with E-state index in [1.807, 2.05) is 73.7 Å². The van der Waals surface area contributed by atoms with Gasteiger partial charge >= 0.3 is 0 Å². The van der Waals surface area contributed by atoms with Crippen LogP contribution in [0.5, 0.6) is 17.2 Å². The summed E-state index contributed by atoms with van der Waals surface area (Å²) in [5, 5.41) is 0.330. The zero-order chi connectivity index (χ0) is 25.5. The number of thioether (sulfide) groups is 1. The van der Waals surface area contributed by atoms with Crippen LogP contribution in [0.3, 0.4) is 0 Å². The zero-order valence-electron chi connectivity index (χ0n) is 19.4. The van der Waals surface area contributed by atoms with Crippen molar-refractivity contribution in [2.45, 2.75) is 13.5 Å². The average Bonchev–Trinajstić information content (AvgIpc) is 3.12. The number of carbonyl (C=O) groups excluding carboxylic acids is 2. The van der Waals surface area contributed by atoms with Crippen LogP contribution in [0.15, 0.2) is 71.6 Å². The Balaban J connectivity index is 1.47. The third-order valence-corrected chi connectivity index (χ3v) is 7.05. The van der Waals surface area contributed by atoms with Gasteiger partial charge in [-0.15, -0.1) is 0 Å². The van der Waals surface area contributed by atoms with Gasteiger partial charge in [-0.1, -0.05) is 41.9 Å². The number of ether oxygens (including phenoxy) is 3. The Kier molecular flexibility index (Phi) is 9.17. The van der Waals surface area contributed by atoms with Crippen molar-refractivity contribution >= 4 is 63.2 Å². The molecule has 0 N–H and O–H groups in total. The van der Waals surface area contributed by atoms with E-state index in [-0.39, 0.29) is 24.3 Å². The minimum atomic E-state index is -0.337. The van der Waals surface area contributed by atoms with Crippen LogP contribution in [0, 0.1) is 3.57 Å². The molecule has 3 aromatic carbocycles. The molecule has 9 heteroatoms. The molecule has 1 heterocycles. The summed E-state index contributed by atoms with van der Waals surface area (Å²) >= 11 is 9.17. The van der Waals surface area contributed by atoms with E-state index in [0.29, 0.717) is 40.4 Å². The molecule has 186 valence electrons. The lowest BCUT2D eigenvalue weighted by atomic mass is 10.1. The van der Waals surface area contributed by atoms with Crippen LogP contribution in [0.25, 0.3) is 6.08 Å². The lowest BCUT2D eigenvalue weighted by Crippen LogP contribution is -2.32. The quantitative estimate of drug-likeness (QED) is 0.176. The van der Waals surface area contributed by atoms with Crippen LogP contribution >= 0.6 is 46.0 Å². The lowest BCUT2D eigenvalue weighted by Gasteiger charge is -2.15. The summed E-state index contributed by atoms with van der Waals surface area (Å²) in [6.45, 7) is 3.07. The summed E-state index contributed by atoms with van der Waals surface area (Å²) in [5.74, 6) is 1.53. The summed E-state index contributed by atoms with van der Waals surface area (Å²) in [6.07, 6.45) is 1.70. The number of hydrogen-bond donors (Lipinski definition) is 0. The number of rotatable bonds is 10. The molecule has 1 aliphatic heterocycles. The standard InChI is InChI=1S/C27H23ClINO5S/c1-2-33-23-15-19(14-22(29)25(23)35-17-18-7-6-8-20(28)13-18)16-24-26(31)30(27(32)36-24)11-12-34-21-9-4-3-5-10-21/h3-10,13-16H,2,11-12,17H2,1H3/b24-16-. The first-order valence-electron chi connectivity index (χ1n) is 11.2. The van der Waals surface area contributed by atoms with Gasteiger partial charge in [-0.25, -0.2) is 0 Å². The monoisotopic (exact) mass is 635 g/mol. The number of para-hydroxylation sites is 1. The molecule has 2 amide bonds. The van der Waals surface area contributed by atoms with Crippen LogP contribution < -0.4 is 14.2 Å². The van der Waals surface area contributed by atoms with Gasteiger partial charge in [0.15, 0.2) is 11.5 Å². The summed E-state index contributed by atoms with van der Waals surface area (Å²) in [4.78, 5) is 26.9. The molecule has 6 nitrogen and oxygen atoms in total. The molecule has 0 unspecified atom stereocenters. The summed E-state index contributed by atoms with van der Waals surface area (Å²) in [7, 11) is 0. The van der Waals surface area contributed by atoms with Crippen LogP contribution in [0.2, 0.25) is 5.02 Å². The number of halogens is 2. The van der Waals surface area contributed by atoms with E-state index in [0.717, 1.165) is 26.5 Å². The van der Waals surface area contributed by atoms with Gasteiger partial charge < -0.3 is 14.2 Å². The molecule has 1 saturated heterocycles. The van der Waals surface area contributed by atoms with Gasteiger partial charge in [-0.3, -0.25) is 14.5 Å². The van der Waals surface area contributed by atoms with E-state index in [4.69, 9.17) is 25.8 Å². The fourth-order valence-electron chi connectivity index (χ4n) is 3.47. The molecule has 0 radical (unpaired) electrons. The summed E-state index contributed by atoms with van der Waals surface area (Å²) in [6, 6.07) is 20.5. The topological polar surface area (TPSA) is 65.1 Å². The average molecular weight is 636 g/mol. The van der Waals surface area contributed by atoms with Gasteiger partial charge in [0.1, 0.15) is 19.0 Å². The minimum Gasteiger partial charge on any atom is -0.492 e. The maximum Gasteiger partial charge on any atom is 0.293 e. The highest BCUT2D eigenvalue weighted by atomic mass is 127. The first kappa shape index (κ1) is 26.4. The Morgan fingerprint density at radius 2 is 1.81 bits per heavy atom. The number of nitrogens with zero attached hydrogens (tertiary/aromatic N) is 1. The molecule has 1 aliphatic rings. The van der Waals surface area contributed by atoms with E-state index < -0.39 is 0 Å². The molecular formula is C27H23ClINO5S. The molecule has 3 aromatic rings. The Morgan fingerprint density at radius 3 is 2.56 bits per heavy atom. The number of benzene rings is 3. The van der Waals surface area contributed by atoms with Crippen molar-refractivity contribution in [2.75, 3.05) is 19.8 Å². The second-order valence-corrected chi connectivity index (χ2v) is 10.3. The fourth-order valence-corrected chi connectivity index (χ4v) is 5.33. The van der Waals surface area contributed by atoms with Crippen LogP contribution in [-0.4, -0.2) is 35.8 Å². The molecule has 0 bridgehead atoms. The van der Waals surface area contributed by atoms with Crippen molar-refractivity contribution in [3.05, 3.63) is 91.4 Å². The third-order valence-electron chi connectivity index (χ3n) is 5.10. The van der Waals surface area contributed by atoms with Crippen molar-refractivity contribution in [2.24, 2.45) is 0 Å². The van der Waals surface area contributed by atoms with Crippen LogP contribution in [0.1, 0.15) is 18.1 Å². The molecule has 0 spiro atoms. The van der Waals surface area contributed by atoms with Crippen molar-refractivity contribution in [1.82, 2.24) is 4.90 Å². The zero-order valence-corrected chi connectivity index (χ0v) is 23.1. The van der Waals surface area contributed by atoms with E-state index in [1.54, 1.807) is 6.08 Å². The Labute approximate surface area is 232 Å². The Morgan fingerprint density at radius 1 is 1.00 bits per heavy atom. The lowest BCUT2D eigenvalue weighted by molar-refractivity contribution is -0.123. The normalized spacial score (nSPS) is 14.4. The minimum absolute atomic E-state index is 0.176. The highest BCUT2D eigenvalue weighted by molar-refractivity contribution is 14.1. The summed E-state index contributed by atoms with van der Waals surface area (Å²) < 4.78 is 18.4. The molecule has 0 saturated carbocycles. The molecule has 0 aliphatic carbocycles. The Bertz CT molecular complexity index is 1280. The second-order valence-electron chi connectivity index (χ2n) is 7.68. The van der Waals surface area contributed by atoms with E-state index in [2.05, 4.69) is 22.6 Å². The highest BCUT2D eigenvalue weighted by Gasteiger charge is 2.35. The van der Waals surface area contributed by atoms with Gasteiger partial charge in [0.2, 0.25) is 0 Å². The van der Waals surface area contributed by atoms with E-state index >= 15 is 0 Å². The Hall–Kier alpha value is -2.69. The largest absolute Gasteiger partial charge is 0.492 e. The van der Waals surface area contributed by atoms with Gasteiger partial charge in [0, 0.05) is 5.02 Å². The number of carbonyl (C=O) groups is 2. The van der Waals surface area contributed by atoms with E-state index in [9.17, 15) is 9.59 Å². The maximum absolute atomic E-state index is 12.9. The molecular weight excluding hydrogens is 613 g/mol. The number of imide groups is 1. The molecule has 0 aromatic heterocycles. The number of amides is 2. The van der Waals surface area contributed by atoms with Gasteiger partial charge in [-0.05, 0) is 94.9 Å². The number of hydrogen-bond acceptors (Lipinski definition) is 6. The summed E-state index contributed by atoms with van der Waals surface area (Å²) in [5.41, 5.74) is 1.68. The molecule has 0 atom stereocenters. The molecule has 4 rings (SSSR count). The van der Waals surface area contributed by atoms with Crippen molar-refractivity contribution < 1.29 is 23.8 Å². The SMILES string of the molecule is CCOc1cc(/C=C2\SC(=O)N(CCOc3ccccc3)C2=O)cc(I)c1OCc1cccc(Cl)c1. The van der Waals surface area contributed by atoms with Gasteiger partial charge in [-0.2, -0.15) is 0 Å². The first-order chi connectivity index (χ1) is 17.4. The van der Waals surface area contributed by atoms with E-state index in [1.165, 1.54) is 4.90 Å². The van der Waals surface area contributed by atoms with Crippen LogP contribution in [0.4, 0.5) is 4.79 Å². The molecule has 1 fully saturated rings. The predicted molar refractivity (Wildman–Crippen MR) is 151 cm³/mol. The van der Waals surface area contributed by atoms with Gasteiger partial charge in [0.25, 0.3) is 11.1 Å². The first-order valence-corrected chi connectivity index (χ1v) is 13.5. The fraction of sp³-hybridized carbons (Fsp3) is 0.185. The van der Waals surface area contributed by atoms with Crippen molar-refractivity contribution in [3.8, 4) is 17.2 Å². The van der Waals surface area contributed by atoms with Crippen molar-refractivity contribution in [3.63, 3.8) is 0 Å². The maximum atomic E-state index is 12.9. The highest BCUT2D eigenvalue weighted by Crippen LogP contribution is 2.38.